The maximum absolute atomic E-state index is 14.2. The van der Waals surface area contributed by atoms with Gasteiger partial charge in [-0.05, 0) is 57.7 Å². The average molecular weight is 523 g/mol. The van der Waals surface area contributed by atoms with Crippen molar-refractivity contribution in [3.8, 4) is 28.4 Å². The van der Waals surface area contributed by atoms with E-state index in [9.17, 15) is 13.2 Å². The van der Waals surface area contributed by atoms with E-state index in [-0.39, 0.29) is 11.4 Å². The quantitative estimate of drug-likeness (QED) is 0.312. The molecule has 0 radical (unpaired) electrons. The summed E-state index contributed by atoms with van der Waals surface area (Å²) in [6, 6.07) is 3.78. The van der Waals surface area contributed by atoms with E-state index in [4.69, 9.17) is 14.2 Å². The molecule has 1 saturated carbocycles. The lowest BCUT2D eigenvalue weighted by atomic mass is 10.0. The smallest absolute Gasteiger partial charge is 0.417 e. The standard InChI is InChI=1S/C27H25F3N6O2/c1-14-24(23-15(2)35-38-16(23)3)33-25(34-26(14)36-10-18-9-31-13-32-22(18)11-36)20-8-19(37-12-17-4-5-17)6-7-21(20)27(28,29)30/h6-9,13,17H,4-5,10-12H2,1-3H3. The van der Waals surface area contributed by atoms with Crippen LogP contribution in [0.15, 0.2) is 35.2 Å². The first-order valence-electron chi connectivity index (χ1n) is 12.4. The molecule has 2 aliphatic rings. The molecule has 4 aromatic rings. The number of nitrogens with zero attached hydrogens (tertiary/aromatic N) is 6. The van der Waals surface area contributed by atoms with Crippen molar-refractivity contribution in [3.05, 3.63) is 64.6 Å². The van der Waals surface area contributed by atoms with Crippen molar-refractivity contribution in [1.82, 2.24) is 25.1 Å². The van der Waals surface area contributed by atoms with E-state index >= 15 is 0 Å². The molecule has 4 heterocycles. The van der Waals surface area contributed by atoms with Crippen molar-refractivity contribution in [1.29, 1.82) is 0 Å². The number of benzene rings is 1. The predicted octanol–water partition coefficient (Wildman–Crippen LogP) is 5.84. The highest BCUT2D eigenvalue weighted by molar-refractivity contribution is 5.76. The van der Waals surface area contributed by atoms with Crippen molar-refractivity contribution in [3.63, 3.8) is 0 Å². The Morgan fingerprint density at radius 1 is 1.11 bits per heavy atom. The Morgan fingerprint density at radius 2 is 1.92 bits per heavy atom. The highest BCUT2D eigenvalue weighted by atomic mass is 19.4. The number of fused-ring (bicyclic) bond motifs is 1. The topological polar surface area (TPSA) is 90.1 Å². The van der Waals surface area contributed by atoms with Gasteiger partial charge in [-0.2, -0.15) is 13.2 Å². The van der Waals surface area contributed by atoms with E-state index in [1.165, 1.54) is 18.5 Å². The molecule has 0 atom stereocenters. The minimum atomic E-state index is -4.61. The second kappa shape index (κ2) is 9.07. The third-order valence-corrected chi connectivity index (χ3v) is 6.99. The van der Waals surface area contributed by atoms with Crippen LogP contribution in [-0.4, -0.2) is 31.7 Å². The van der Waals surface area contributed by atoms with Crippen molar-refractivity contribution >= 4 is 5.82 Å². The lowest BCUT2D eigenvalue weighted by Gasteiger charge is -2.22. The molecule has 196 valence electrons. The SMILES string of the molecule is Cc1noc(C)c1-c1nc(-c2cc(OCC3CC3)ccc2C(F)(F)F)nc(N2Cc3cncnc3C2)c1C. The van der Waals surface area contributed by atoms with E-state index < -0.39 is 11.7 Å². The number of hydrogen-bond donors (Lipinski definition) is 0. The molecule has 0 unspecified atom stereocenters. The second-order valence-corrected chi connectivity index (χ2v) is 9.85. The number of ether oxygens (including phenoxy) is 1. The van der Waals surface area contributed by atoms with Crippen LogP contribution in [0, 0.1) is 26.7 Å². The fourth-order valence-corrected chi connectivity index (χ4v) is 4.79. The van der Waals surface area contributed by atoms with E-state index in [2.05, 4.69) is 20.1 Å². The van der Waals surface area contributed by atoms with Gasteiger partial charge in [0.2, 0.25) is 0 Å². The van der Waals surface area contributed by atoms with Gasteiger partial charge in [-0.3, -0.25) is 0 Å². The van der Waals surface area contributed by atoms with Gasteiger partial charge in [-0.1, -0.05) is 5.16 Å². The molecule has 3 aromatic heterocycles. The maximum Gasteiger partial charge on any atom is 0.417 e. The molecule has 0 amide bonds. The third kappa shape index (κ3) is 4.46. The van der Waals surface area contributed by atoms with Gasteiger partial charge in [0.25, 0.3) is 0 Å². The Kier molecular flexibility index (Phi) is 5.81. The number of aromatic nitrogens is 5. The Hall–Kier alpha value is -4.02. The van der Waals surface area contributed by atoms with Crippen LogP contribution in [0.4, 0.5) is 19.0 Å². The molecule has 1 aliphatic heterocycles. The zero-order valence-electron chi connectivity index (χ0n) is 21.1. The van der Waals surface area contributed by atoms with E-state index in [1.807, 2.05) is 11.8 Å². The summed E-state index contributed by atoms with van der Waals surface area (Å²) in [5, 5.41) is 4.05. The molecule has 0 saturated heterocycles. The summed E-state index contributed by atoms with van der Waals surface area (Å²) in [4.78, 5) is 19.8. The molecule has 38 heavy (non-hydrogen) atoms. The minimum absolute atomic E-state index is 0.0492. The summed E-state index contributed by atoms with van der Waals surface area (Å²) in [5.41, 5.74) is 3.23. The van der Waals surface area contributed by atoms with Crippen LogP contribution in [0.5, 0.6) is 5.75 Å². The summed E-state index contributed by atoms with van der Waals surface area (Å²) < 4.78 is 53.8. The fraction of sp³-hybridized carbons (Fsp3) is 0.370. The van der Waals surface area contributed by atoms with Gasteiger partial charge in [-0.25, -0.2) is 19.9 Å². The first-order valence-corrected chi connectivity index (χ1v) is 12.4. The zero-order valence-corrected chi connectivity index (χ0v) is 21.1. The summed E-state index contributed by atoms with van der Waals surface area (Å²) in [7, 11) is 0. The van der Waals surface area contributed by atoms with Gasteiger partial charge < -0.3 is 14.2 Å². The van der Waals surface area contributed by atoms with Crippen molar-refractivity contribution in [2.24, 2.45) is 5.92 Å². The van der Waals surface area contributed by atoms with Crippen LogP contribution < -0.4 is 9.64 Å². The summed E-state index contributed by atoms with van der Waals surface area (Å²) >= 11 is 0. The molecule has 1 aromatic carbocycles. The van der Waals surface area contributed by atoms with Gasteiger partial charge in [0.1, 0.15) is 23.7 Å². The number of anilines is 1. The maximum atomic E-state index is 14.2. The highest BCUT2D eigenvalue weighted by Gasteiger charge is 2.36. The molecule has 0 bridgehead atoms. The van der Waals surface area contributed by atoms with Crippen molar-refractivity contribution in [2.75, 3.05) is 11.5 Å². The molecular weight excluding hydrogens is 497 g/mol. The Morgan fingerprint density at radius 3 is 2.61 bits per heavy atom. The fourth-order valence-electron chi connectivity index (χ4n) is 4.79. The molecule has 11 heteroatoms. The predicted molar refractivity (Wildman–Crippen MR) is 132 cm³/mol. The Balaban J connectivity index is 1.53. The number of hydrogen-bond acceptors (Lipinski definition) is 8. The van der Waals surface area contributed by atoms with E-state index in [0.717, 1.165) is 30.2 Å². The van der Waals surface area contributed by atoms with Crippen LogP contribution in [-0.2, 0) is 19.3 Å². The summed E-state index contributed by atoms with van der Waals surface area (Å²) in [6.45, 7) is 6.79. The average Bonchev–Trinajstić information content (AvgIpc) is 3.53. The lowest BCUT2D eigenvalue weighted by molar-refractivity contribution is -0.137. The Labute approximate surface area is 216 Å². The molecule has 1 aliphatic carbocycles. The number of alkyl halides is 3. The molecular formula is C27H25F3N6O2. The van der Waals surface area contributed by atoms with Crippen LogP contribution in [0.2, 0.25) is 0 Å². The summed E-state index contributed by atoms with van der Waals surface area (Å²) in [5.74, 6) is 1.80. The number of rotatable bonds is 6. The van der Waals surface area contributed by atoms with Crippen LogP contribution >= 0.6 is 0 Å². The van der Waals surface area contributed by atoms with Crippen molar-refractivity contribution < 1.29 is 22.4 Å². The monoisotopic (exact) mass is 522 g/mol. The number of halogens is 3. The molecule has 0 N–H and O–H groups in total. The van der Waals surface area contributed by atoms with Gasteiger partial charge in [0, 0.05) is 29.4 Å². The Bertz CT molecular complexity index is 1490. The van der Waals surface area contributed by atoms with Gasteiger partial charge >= 0.3 is 6.18 Å². The molecule has 8 nitrogen and oxygen atoms in total. The lowest BCUT2D eigenvalue weighted by Crippen LogP contribution is -2.19. The molecule has 6 rings (SSSR count). The highest BCUT2D eigenvalue weighted by Crippen LogP contribution is 2.42. The molecule has 0 spiro atoms. The zero-order chi connectivity index (χ0) is 26.6. The largest absolute Gasteiger partial charge is 0.493 e. The van der Waals surface area contributed by atoms with E-state index in [0.29, 0.717) is 65.5 Å². The van der Waals surface area contributed by atoms with Crippen molar-refractivity contribution in [2.45, 2.75) is 52.9 Å². The summed E-state index contributed by atoms with van der Waals surface area (Å²) in [6.07, 6.45) is 0.764. The van der Waals surface area contributed by atoms with Gasteiger partial charge in [0.15, 0.2) is 5.82 Å². The van der Waals surface area contributed by atoms with Gasteiger partial charge in [0.05, 0.1) is 41.4 Å². The first-order chi connectivity index (χ1) is 18.2. The minimum Gasteiger partial charge on any atom is -0.493 e. The third-order valence-electron chi connectivity index (χ3n) is 6.99. The normalized spacial score (nSPS) is 15.2. The van der Waals surface area contributed by atoms with Crippen LogP contribution in [0.1, 0.15) is 46.7 Å². The molecule has 1 fully saturated rings. The van der Waals surface area contributed by atoms with E-state index in [1.54, 1.807) is 20.0 Å². The van der Waals surface area contributed by atoms with Gasteiger partial charge in [-0.15, -0.1) is 0 Å². The van der Waals surface area contributed by atoms with Crippen LogP contribution in [0.25, 0.3) is 22.6 Å². The van der Waals surface area contributed by atoms with Crippen LogP contribution in [0.3, 0.4) is 0 Å². The second-order valence-electron chi connectivity index (χ2n) is 9.85. The number of aryl methyl sites for hydroxylation is 2. The first kappa shape index (κ1) is 24.3.